The number of hydrogen-bond acceptors (Lipinski definition) is 4. The van der Waals surface area contributed by atoms with Gasteiger partial charge in [0.2, 0.25) is 0 Å². The van der Waals surface area contributed by atoms with E-state index in [9.17, 15) is 10.2 Å². The van der Waals surface area contributed by atoms with E-state index in [1.165, 1.54) is 0 Å². The summed E-state index contributed by atoms with van der Waals surface area (Å²) in [6.45, 7) is 0. The Morgan fingerprint density at radius 3 is 2.88 bits per heavy atom. The molecule has 4 nitrogen and oxygen atoms in total. The van der Waals surface area contributed by atoms with Crippen LogP contribution in [0.15, 0.2) is 36.7 Å². The molecule has 1 heterocycles. The number of benzene rings is 1. The predicted molar refractivity (Wildman–Crippen MR) is 62.9 cm³/mol. The lowest BCUT2D eigenvalue weighted by atomic mass is 9.97. The van der Waals surface area contributed by atoms with Crippen molar-refractivity contribution in [3.05, 3.63) is 42.2 Å². The molecule has 2 atom stereocenters. The van der Waals surface area contributed by atoms with Crippen molar-refractivity contribution in [3.8, 4) is 6.07 Å². The first-order valence-electron chi connectivity index (χ1n) is 5.29. The van der Waals surface area contributed by atoms with Crippen LogP contribution in [0.1, 0.15) is 18.1 Å². The molecule has 0 aliphatic rings. The highest BCUT2D eigenvalue weighted by Crippen LogP contribution is 2.26. The van der Waals surface area contributed by atoms with Crippen LogP contribution in [0.5, 0.6) is 0 Å². The summed E-state index contributed by atoms with van der Waals surface area (Å²) >= 11 is 0. The molecular formula is C13H12N2O2. The molecule has 0 radical (unpaired) electrons. The van der Waals surface area contributed by atoms with Gasteiger partial charge in [-0.25, -0.2) is 0 Å². The molecule has 0 bridgehead atoms. The van der Waals surface area contributed by atoms with Crippen LogP contribution in [0.25, 0.3) is 10.8 Å². The zero-order chi connectivity index (χ0) is 12.3. The monoisotopic (exact) mass is 228 g/mol. The maximum Gasteiger partial charge on any atom is 0.106 e. The van der Waals surface area contributed by atoms with Crippen molar-refractivity contribution in [3.63, 3.8) is 0 Å². The van der Waals surface area contributed by atoms with Crippen LogP contribution in [0.2, 0.25) is 0 Å². The Morgan fingerprint density at radius 1 is 1.29 bits per heavy atom. The van der Waals surface area contributed by atoms with Crippen molar-refractivity contribution >= 4 is 10.8 Å². The van der Waals surface area contributed by atoms with Crippen molar-refractivity contribution < 1.29 is 10.2 Å². The normalized spacial score (nSPS) is 14.2. The van der Waals surface area contributed by atoms with Crippen LogP contribution in [-0.2, 0) is 0 Å². The molecule has 0 amide bonds. The summed E-state index contributed by atoms with van der Waals surface area (Å²) in [6, 6.07) is 9.05. The van der Waals surface area contributed by atoms with E-state index in [0.717, 1.165) is 10.8 Å². The average molecular weight is 228 g/mol. The number of pyridine rings is 1. The molecule has 2 N–H and O–H groups in total. The van der Waals surface area contributed by atoms with Crippen LogP contribution in [-0.4, -0.2) is 21.3 Å². The van der Waals surface area contributed by atoms with Gasteiger partial charge in [-0.2, -0.15) is 5.26 Å². The minimum atomic E-state index is -1.07. The van der Waals surface area contributed by atoms with Crippen molar-refractivity contribution in [1.29, 1.82) is 5.26 Å². The number of fused-ring (bicyclic) bond motifs is 1. The van der Waals surface area contributed by atoms with Gasteiger partial charge in [0, 0.05) is 17.8 Å². The molecule has 0 aliphatic carbocycles. The second-order valence-electron chi connectivity index (χ2n) is 3.82. The number of nitrogens with zero attached hydrogens (tertiary/aromatic N) is 2. The van der Waals surface area contributed by atoms with Crippen molar-refractivity contribution in [2.24, 2.45) is 0 Å². The summed E-state index contributed by atoms with van der Waals surface area (Å²) in [6.07, 6.45) is 1.11. The first-order valence-corrected chi connectivity index (χ1v) is 5.29. The van der Waals surface area contributed by atoms with Gasteiger partial charge in [-0.1, -0.05) is 18.2 Å². The van der Waals surface area contributed by atoms with Gasteiger partial charge in [0.1, 0.15) is 6.10 Å². The maximum absolute atomic E-state index is 10.00. The van der Waals surface area contributed by atoms with Crippen LogP contribution in [0, 0.1) is 11.3 Å². The highest BCUT2D eigenvalue weighted by atomic mass is 16.3. The highest BCUT2D eigenvalue weighted by Gasteiger charge is 2.19. The number of nitriles is 1. The lowest BCUT2D eigenvalue weighted by Gasteiger charge is -2.17. The van der Waals surface area contributed by atoms with Gasteiger partial charge >= 0.3 is 0 Å². The van der Waals surface area contributed by atoms with Gasteiger partial charge < -0.3 is 10.2 Å². The zero-order valence-corrected chi connectivity index (χ0v) is 9.11. The molecule has 0 fully saturated rings. The third-order valence-electron chi connectivity index (χ3n) is 2.70. The van der Waals surface area contributed by atoms with E-state index in [-0.39, 0.29) is 6.42 Å². The average Bonchev–Trinajstić information content (AvgIpc) is 2.37. The first kappa shape index (κ1) is 11.5. The first-order chi connectivity index (χ1) is 8.24. The Hall–Kier alpha value is -1.96. The van der Waals surface area contributed by atoms with Gasteiger partial charge in [-0.15, -0.1) is 0 Å². The van der Waals surface area contributed by atoms with E-state index in [2.05, 4.69) is 4.98 Å². The number of aliphatic hydroxyl groups is 2. The lowest BCUT2D eigenvalue weighted by molar-refractivity contribution is 0.0225. The standard InChI is InChI=1S/C13H12N2O2/c14-6-4-12(16)13(17)11-3-1-2-9-8-15-7-5-10(9)11/h1-3,5,7-8,12-13,16-17H,4H2. The fourth-order valence-corrected chi connectivity index (χ4v) is 1.82. The van der Waals surface area contributed by atoms with E-state index in [1.54, 1.807) is 30.6 Å². The second kappa shape index (κ2) is 4.91. The van der Waals surface area contributed by atoms with Crippen molar-refractivity contribution in [2.75, 3.05) is 0 Å². The van der Waals surface area contributed by atoms with Crippen molar-refractivity contribution in [1.82, 2.24) is 4.98 Å². The van der Waals surface area contributed by atoms with E-state index in [1.807, 2.05) is 12.1 Å². The highest BCUT2D eigenvalue weighted by molar-refractivity contribution is 5.85. The molecular weight excluding hydrogens is 216 g/mol. The smallest absolute Gasteiger partial charge is 0.106 e. The summed E-state index contributed by atoms with van der Waals surface area (Å²) in [5, 5.41) is 29.9. The zero-order valence-electron chi connectivity index (χ0n) is 9.11. The van der Waals surface area contributed by atoms with Crippen LogP contribution < -0.4 is 0 Å². The van der Waals surface area contributed by atoms with Gasteiger partial charge in [-0.05, 0) is 17.0 Å². The maximum atomic E-state index is 10.00. The molecule has 0 saturated heterocycles. The summed E-state index contributed by atoms with van der Waals surface area (Å²) in [4.78, 5) is 4.00. The fourth-order valence-electron chi connectivity index (χ4n) is 1.82. The minimum Gasteiger partial charge on any atom is -0.389 e. The largest absolute Gasteiger partial charge is 0.389 e. The predicted octanol–water partition coefficient (Wildman–Crippen LogP) is 1.54. The Morgan fingerprint density at radius 2 is 2.12 bits per heavy atom. The number of aromatic nitrogens is 1. The van der Waals surface area contributed by atoms with E-state index < -0.39 is 12.2 Å². The molecule has 17 heavy (non-hydrogen) atoms. The van der Waals surface area contributed by atoms with Gasteiger partial charge in [-0.3, -0.25) is 4.98 Å². The molecule has 2 rings (SSSR count). The lowest BCUT2D eigenvalue weighted by Crippen LogP contribution is -2.17. The Labute approximate surface area is 98.8 Å². The van der Waals surface area contributed by atoms with E-state index in [4.69, 9.17) is 5.26 Å². The molecule has 1 aromatic heterocycles. The number of aliphatic hydroxyl groups excluding tert-OH is 2. The summed E-state index contributed by atoms with van der Waals surface area (Å²) in [7, 11) is 0. The summed E-state index contributed by atoms with van der Waals surface area (Å²) < 4.78 is 0. The summed E-state index contributed by atoms with van der Waals surface area (Å²) in [5.41, 5.74) is 0.618. The molecule has 2 aromatic rings. The molecule has 0 aliphatic heterocycles. The molecule has 86 valence electrons. The van der Waals surface area contributed by atoms with Crippen LogP contribution in [0.4, 0.5) is 0 Å². The molecule has 4 heteroatoms. The molecule has 0 saturated carbocycles. The molecule has 0 spiro atoms. The fraction of sp³-hybridized carbons (Fsp3) is 0.231. The SMILES string of the molecule is N#CCC(O)C(O)c1cccc2cnccc12. The number of hydrogen-bond donors (Lipinski definition) is 2. The van der Waals surface area contributed by atoms with Gasteiger partial charge in [0.15, 0.2) is 0 Å². The van der Waals surface area contributed by atoms with Crippen molar-refractivity contribution in [2.45, 2.75) is 18.6 Å². The molecule has 1 aromatic carbocycles. The number of rotatable bonds is 3. The van der Waals surface area contributed by atoms with Crippen LogP contribution >= 0.6 is 0 Å². The minimum absolute atomic E-state index is 0.0946. The third kappa shape index (κ3) is 2.26. The van der Waals surface area contributed by atoms with E-state index in [0.29, 0.717) is 5.56 Å². The third-order valence-corrected chi connectivity index (χ3v) is 2.70. The van der Waals surface area contributed by atoms with Crippen LogP contribution in [0.3, 0.4) is 0 Å². The second-order valence-corrected chi connectivity index (χ2v) is 3.82. The van der Waals surface area contributed by atoms with Gasteiger partial charge in [0.25, 0.3) is 0 Å². The molecule has 2 unspecified atom stereocenters. The summed E-state index contributed by atoms with van der Waals surface area (Å²) in [5.74, 6) is 0. The van der Waals surface area contributed by atoms with Gasteiger partial charge in [0.05, 0.1) is 18.6 Å². The van der Waals surface area contributed by atoms with E-state index >= 15 is 0 Å². The Balaban J connectivity index is 2.45. The Kier molecular flexibility index (Phi) is 3.33. The quantitative estimate of drug-likeness (QED) is 0.835. The Bertz CT molecular complexity index is 557. The topological polar surface area (TPSA) is 77.1 Å².